The lowest BCUT2D eigenvalue weighted by molar-refractivity contribution is 0.804. The minimum atomic E-state index is 0.670. The summed E-state index contributed by atoms with van der Waals surface area (Å²) in [6, 6.07) is 6.05. The zero-order valence-electron chi connectivity index (χ0n) is 11.1. The first-order chi connectivity index (χ1) is 9.11. The summed E-state index contributed by atoms with van der Waals surface area (Å²) in [6.45, 7) is 5.67. The number of rotatable bonds is 4. The van der Waals surface area contributed by atoms with Crippen LogP contribution < -0.4 is 10.6 Å². The molecule has 2 aromatic rings. The Kier molecular flexibility index (Phi) is 4.37. The molecule has 0 radical (unpaired) electrons. The Labute approximate surface area is 121 Å². The van der Waals surface area contributed by atoms with E-state index < -0.39 is 0 Å². The molecule has 0 fully saturated rings. The molecule has 4 nitrogen and oxygen atoms in total. The summed E-state index contributed by atoms with van der Waals surface area (Å²) in [5.41, 5.74) is 9.73. The highest BCUT2D eigenvalue weighted by Gasteiger charge is 2.13. The van der Waals surface area contributed by atoms with Crippen LogP contribution >= 0.6 is 15.9 Å². The molecule has 0 amide bonds. The maximum atomic E-state index is 6.03. The number of nitrogens with two attached hydrogens (primary N) is 1. The van der Waals surface area contributed by atoms with Crippen LogP contribution in [0.2, 0.25) is 0 Å². The lowest BCUT2D eigenvalue weighted by atomic mass is 10.2. The van der Waals surface area contributed by atoms with E-state index >= 15 is 0 Å². The molecule has 5 heteroatoms. The molecule has 0 bridgehead atoms. The average molecular weight is 321 g/mol. The average Bonchev–Trinajstić information content (AvgIpc) is 2.37. The largest absolute Gasteiger partial charge is 0.396 e. The highest BCUT2D eigenvalue weighted by atomic mass is 79.9. The predicted molar refractivity (Wildman–Crippen MR) is 82.0 cm³/mol. The van der Waals surface area contributed by atoms with Crippen molar-refractivity contribution in [3.8, 4) is 0 Å². The summed E-state index contributed by atoms with van der Waals surface area (Å²) in [7, 11) is 0. The third-order valence-electron chi connectivity index (χ3n) is 2.90. The van der Waals surface area contributed by atoms with Gasteiger partial charge >= 0.3 is 0 Å². The van der Waals surface area contributed by atoms with Gasteiger partial charge in [-0.2, -0.15) is 0 Å². The number of hydrogen-bond acceptors (Lipinski definition) is 4. The molecule has 0 atom stereocenters. The second-order valence-corrected chi connectivity index (χ2v) is 5.20. The third-order valence-corrected chi connectivity index (χ3v) is 3.48. The fraction of sp³-hybridized carbons (Fsp3) is 0.286. The molecular formula is C14H17BrN4. The second-order valence-electron chi connectivity index (χ2n) is 4.34. The number of hydrogen-bond donors (Lipinski definition) is 1. The van der Waals surface area contributed by atoms with Gasteiger partial charge in [0, 0.05) is 18.4 Å². The number of nitrogen functional groups attached to an aromatic ring is 1. The van der Waals surface area contributed by atoms with Crippen LogP contribution in [-0.4, -0.2) is 16.5 Å². The first-order valence-corrected chi connectivity index (χ1v) is 6.97. The minimum Gasteiger partial charge on any atom is -0.396 e. The van der Waals surface area contributed by atoms with Gasteiger partial charge in [0.25, 0.3) is 0 Å². The molecule has 100 valence electrons. The number of aromatic nitrogens is 2. The van der Waals surface area contributed by atoms with E-state index in [-0.39, 0.29) is 0 Å². The fourth-order valence-electron chi connectivity index (χ4n) is 2.01. The zero-order valence-corrected chi connectivity index (χ0v) is 12.7. The van der Waals surface area contributed by atoms with E-state index in [1.807, 2.05) is 25.1 Å². The molecule has 0 unspecified atom stereocenters. The van der Waals surface area contributed by atoms with E-state index in [1.54, 1.807) is 12.4 Å². The van der Waals surface area contributed by atoms with Crippen LogP contribution in [-0.2, 0) is 6.54 Å². The van der Waals surface area contributed by atoms with Gasteiger partial charge in [-0.3, -0.25) is 9.97 Å². The summed E-state index contributed by atoms with van der Waals surface area (Å²) in [6.07, 6.45) is 3.43. The van der Waals surface area contributed by atoms with Gasteiger partial charge in [-0.25, -0.2) is 0 Å². The molecule has 0 aliphatic rings. The standard InChI is InChI=1S/C14H17BrN4/c1-3-19(9-11-6-4-5-10(2)18-11)14-12(15)7-17-8-13(14)16/h4-8H,3,9,16H2,1-2H3. The normalized spacial score (nSPS) is 10.5. The van der Waals surface area contributed by atoms with Crippen molar-refractivity contribution in [1.29, 1.82) is 0 Å². The van der Waals surface area contributed by atoms with Crippen molar-refractivity contribution in [1.82, 2.24) is 9.97 Å². The topological polar surface area (TPSA) is 55.0 Å². The highest BCUT2D eigenvalue weighted by Crippen LogP contribution is 2.31. The van der Waals surface area contributed by atoms with Crippen LogP contribution in [0.5, 0.6) is 0 Å². The van der Waals surface area contributed by atoms with Gasteiger partial charge in [0.1, 0.15) is 0 Å². The molecular weight excluding hydrogens is 304 g/mol. The van der Waals surface area contributed by atoms with E-state index in [9.17, 15) is 0 Å². The van der Waals surface area contributed by atoms with Crippen molar-refractivity contribution in [3.63, 3.8) is 0 Å². The van der Waals surface area contributed by atoms with Crippen molar-refractivity contribution in [3.05, 3.63) is 46.5 Å². The van der Waals surface area contributed by atoms with E-state index in [0.29, 0.717) is 5.69 Å². The van der Waals surface area contributed by atoms with Crippen LogP contribution in [0.25, 0.3) is 0 Å². The molecule has 2 heterocycles. The molecule has 0 saturated carbocycles. The van der Waals surface area contributed by atoms with Crippen LogP contribution in [0, 0.1) is 6.92 Å². The van der Waals surface area contributed by atoms with Gasteiger partial charge < -0.3 is 10.6 Å². The lowest BCUT2D eigenvalue weighted by Crippen LogP contribution is -2.24. The van der Waals surface area contributed by atoms with Gasteiger partial charge in [-0.15, -0.1) is 0 Å². The van der Waals surface area contributed by atoms with Crippen LogP contribution in [0.15, 0.2) is 35.1 Å². The SMILES string of the molecule is CCN(Cc1cccc(C)n1)c1c(N)cncc1Br. The van der Waals surface area contributed by atoms with Crippen molar-refractivity contribution < 1.29 is 0 Å². The summed E-state index contributed by atoms with van der Waals surface area (Å²) >= 11 is 3.51. The van der Waals surface area contributed by atoms with Crippen LogP contribution in [0.1, 0.15) is 18.3 Å². The summed E-state index contributed by atoms with van der Waals surface area (Å²) < 4.78 is 0.905. The first-order valence-electron chi connectivity index (χ1n) is 6.18. The lowest BCUT2D eigenvalue weighted by Gasteiger charge is -2.25. The maximum Gasteiger partial charge on any atom is 0.0779 e. The number of pyridine rings is 2. The van der Waals surface area contributed by atoms with Crippen LogP contribution in [0.3, 0.4) is 0 Å². The number of aryl methyl sites for hydroxylation is 1. The Morgan fingerprint density at radius 1 is 1.32 bits per heavy atom. The maximum absolute atomic E-state index is 6.03. The van der Waals surface area contributed by atoms with E-state index in [2.05, 4.69) is 37.7 Å². The van der Waals surface area contributed by atoms with Crippen molar-refractivity contribution >= 4 is 27.3 Å². The molecule has 19 heavy (non-hydrogen) atoms. The predicted octanol–water partition coefficient (Wildman–Crippen LogP) is 3.16. The van der Waals surface area contributed by atoms with Crippen molar-refractivity contribution in [2.45, 2.75) is 20.4 Å². The van der Waals surface area contributed by atoms with Gasteiger partial charge in [-0.1, -0.05) is 6.07 Å². The molecule has 0 aromatic carbocycles. The Bertz CT molecular complexity index is 551. The van der Waals surface area contributed by atoms with Crippen molar-refractivity contribution in [2.75, 3.05) is 17.2 Å². The van der Waals surface area contributed by atoms with Gasteiger partial charge in [0.05, 0.1) is 34.3 Å². The van der Waals surface area contributed by atoms with E-state index in [0.717, 1.165) is 34.6 Å². The van der Waals surface area contributed by atoms with E-state index in [1.165, 1.54) is 0 Å². The third kappa shape index (κ3) is 3.23. The molecule has 2 N–H and O–H groups in total. The summed E-state index contributed by atoms with van der Waals surface area (Å²) in [5.74, 6) is 0. The summed E-state index contributed by atoms with van der Waals surface area (Å²) in [4.78, 5) is 10.8. The van der Waals surface area contributed by atoms with Gasteiger partial charge in [0.15, 0.2) is 0 Å². The molecule has 0 aliphatic carbocycles. The van der Waals surface area contributed by atoms with Crippen molar-refractivity contribution in [2.24, 2.45) is 0 Å². The first kappa shape index (κ1) is 13.8. The highest BCUT2D eigenvalue weighted by molar-refractivity contribution is 9.10. The quantitative estimate of drug-likeness (QED) is 0.940. The molecule has 0 spiro atoms. The monoisotopic (exact) mass is 320 g/mol. The molecule has 0 aliphatic heterocycles. The number of halogens is 1. The molecule has 2 aromatic heterocycles. The number of nitrogens with zero attached hydrogens (tertiary/aromatic N) is 3. The Morgan fingerprint density at radius 3 is 2.74 bits per heavy atom. The smallest absolute Gasteiger partial charge is 0.0779 e. The van der Waals surface area contributed by atoms with Gasteiger partial charge in [-0.05, 0) is 41.9 Å². The van der Waals surface area contributed by atoms with Crippen LogP contribution in [0.4, 0.5) is 11.4 Å². The van der Waals surface area contributed by atoms with E-state index in [4.69, 9.17) is 5.73 Å². The Morgan fingerprint density at radius 2 is 2.11 bits per heavy atom. The fourth-order valence-corrected chi connectivity index (χ4v) is 2.61. The molecule has 0 saturated heterocycles. The Balaban J connectivity index is 2.30. The second kappa shape index (κ2) is 6.02. The number of anilines is 2. The van der Waals surface area contributed by atoms with Gasteiger partial charge in [0.2, 0.25) is 0 Å². The Hall–Kier alpha value is -1.62. The molecule has 2 rings (SSSR count). The zero-order chi connectivity index (χ0) is 13.8. The minimum absolute atomic E-state index is 0.670. The summed E-state index contributed by atoms with van der Waals surface area (Å²) in [5, 5.41) is 0.